The fraction of sp³-hybridized carbons (Fsp3) is 0.778. The van der Waals surface area contributed by atoms with Gasteiger partial charge in [-0.3, -0.25) is 4.90 Å². The van der Waals surface area contributed by atoms with Crippen LogP contribution in [0.3, 0.4) is 0 Å². The van der Waals surface area contributed by atoms with Crippen molar-refractivity contribution in [1.82, 2.24) is 4.90 Å². The Hall–Kier alpha value is -0.800. The third kappa shape index (κ3) is 6.23. The first-order chi connectivity index (χ1) is 9.95. The van der Waals surface area contributed by atoms with Gasteiger partial charge in [-0.2, -0.15) is 0 Å². The van der Waals surface area contributed by atoms with Crippen LogP contribution >= 0.6 is 0 Å². The van der Waals surface area contributed by atoms with E-state index >= 15 is 0 Å². The van der Waals surface area contributed by atoms with Gasteiger partial charge in [0.25, 0.3) is 0 Å². The lowest BCUT2D eigenvalue weighted by Gasteiger charge is -2.35. The molecule has 3 heteroatoms. The highest BCUT2D eigenvalue weighted by molar-refractivity contribution is 5.08. The maximum atomic E-state index is 6.42. The average molecular weight is 294 g/mol. The van der Waals surface area contributed by atoms with E-state index in [1.54, 1.807) is 6.26 Å². The van der Waals surface area contributed by atoms with Crippen LogP contribution in [-0.2, 0) is 0 Å². The number of rotatable bonds is 10. The molecule has 1 aromatic heterocycles. The van der Waals surface area contributed by atoms with E-state index in [4.69, 9.17) is 10.2 Å². The molecule has 0 saturated carbocycles. The highest BCUT2D eigenvalue weighted by atomic mass is 16.3. The Kier molecular flexibility index (Phi) is 8.05. The first-order valence-electron chi connectivity index (χ1n) is 8.48. The Balaban J connectivity index is 2.87. The molecule has 0 fully saturated rings. The molecule has 2 N–H and O–H groups in total. The van der Waals surface area contributed by atoms with E-state index in [1.165, 1.54) is 12.8 Å². The van der Waals surface area contributed by atoms with E-state index in [9.17, 15) is 0 Å². The van der Waals surface area contributed by atoms with Gasteiger partial charge in [-0.1, -0.05) is 34.6 Å². The lowest BCUT2D eigenvalue weighted by molar-refractivity contribution is 0.134. The molecule has 0 aliphatic heterocycles. The summed E-state index contributed by atoms with van der Waals surface area (Å²) in [5.74, 6) is 2.43. The molecule has 1 aromatic rings. The third-order valence-corrected chi connectivity index (χ3v) is 4.09. The number of nitrogens with zero attached hydrogens (tertiary/aromatic N) is 1. The van der Waals surface area contributed by atoms with Crippen LogP contribution in [0.1, 0.15) is 65.7 Å². The number of furan rings is 1. The lowest BCUT2D eigenvalue weighted by atomic mass is 9.99. The Morgan fingerprint density at radius 3 is 2.05 bits per heavy atom. The average Bonchev–Trinajstić information content (AvgIpc) is 2.94. The van der Waals surface area contributed by atoms with Crippen LogP contribution in [0.4, 0.5) is 0 Å². The Labute approximate surface area is 130 Å². The summed E-state index contributed by atoms with van der Waals surface area (Å²) in [4.78, 5) is 2.53. The van der Waals surface area contributed by atoms with Crippen LogP contribution in [0.15, 0.2) is 22.8 Å². The summed E-state index contributed by atoms with van der Waals surface area (Å²) in [6.07, 6.45) is 5.12. The predicted molar refractivity (Wildman–Crippen MR) is 90.2 cm³/mol. The maximum Gasteiger partial charge on any atom is 0.122 e. The van der Waals surface area contributed by atoms with Crippen molar-refractivity contribution in [2.75, 3.05) is 13.1 Å². The first-order valence-corrected chi connectivity index (χ1v) is 8.48. The van der Waals surface area contributed by atoms with Gasteiger partial charge in [0.1, 0.15) is 5.76 Å². The van der Waals surface area contributed by atoms with Gasteiger partial charge >= 0.3 is 0 Å². The molecule has 0 aliphatic carbocycles. The molecule has 0 radical (unpaired) electrons. The molecule has 1 heterocycles. The van der Waals surface area contributed by atoms with Crippen molar-refractivity contribution < 1.29 is 4.42 Å². The minimum Gasteiger partial charge on any atom is -0.468 e. The lowest BCUT2D eigenvalue weighted by Crippen LogP contribution is -2.42. The van der Waals surface area contributed by atoms with Crippen molar-refractivity contribution in [2.24, 2.45) is 17.6 Å². The summed E-state index contributed by atoms with van der Waals surface area (Å²) in [6, 6.07) is 4.35. The van der Waals surface area contributed by atoms with Gasteiger partial charge in [-0.05, 0) is 56.3 Å². The van der Waals surface area contributed by atoms with Gasteiger partial charge < -0.3 is 10.2 Å². The zero-order valence-electron chi connectivity index (χ0n) is 14.5. The van der Waals surface area contributed by atoms with Crippen molar-refractivity contribution in [3.05, 3.63) is 24.2 Å². The minimum absolute atomic E-state index is 0.121. The SMILES string of the molecule is CCC(N)C(c1ccco1)N(CCC(C)C)CCC(C)C. The van der Waals surface area contributed by atoms with Crippen molar-refractivity contribution in [2.45, 2.75) is 66.0 Å². The fourth-order valence-electron chi connectivity index (χ4n) is 2.58. The summed E-state index contributed by atoms with van der Waals surface area (Å²) in [7, 11) is 0. The molecule has 1 rings (SSSR count). The summed E-state index contributed by atoms with van der Waals surface area (Å²) in [5, 5.41) is 0. The van der Waals surface area contributed by atoms with Crippen LogP contribution < -0.4 is 5.73 Å². The van der Waals surface area contributed by atoms with Crippen molar-refractivity contribution in [3.63, 3.8) is 0 Å². The van der Waals surface area contributed by atoms with Crippen molar-refractivity contribution >= 4 is 0 Å². The number of nitrogens with two attached hydrogens (primary N) is 1. The molecule has 3 nitrogen and oxygen atoms in total. The quantitative estimate of drug-likeness (QED) is 0.693. The third-order valence-electron chi connectivity index (χ3n) is 4.09. The van der Waals surface area contributed by atoms with Crippen LogP contribution in [0, 0.1) is 11.8 Å². The van der Waals surface area contributed by atoms with E-state index in [0.717, 1.165) is 25.3 Å². The molecule has 0 aromatic carbocycles. The van der Waals surface area contributed by atoms with E-state index in [0.29, 0.717) is 11.8 Å². The monoisotopic (exact) mass is 294 g/mol. The molecular weight excluding hydrogens is 260 g/mol. The van der Waals surface area contributed by atoms with Gasteiger partial charge in [0.2, 0.25) is 0 Å². The molecule has 0 saturated heterocycles. The first kappa shape index (κ1) is 18.2. The zero-order chi connectivity index (χ0) is 15.8. The summed E-state index contributed by atoms with van der Waals surface area (Å²) in [5.41, 5.74) is 6.42. The molecule has 2 atom stereocenters. The van der Waals surface area contributed by atoms with Gasteiger partial charge in [-0.15, -0.1) is 0 Å². The molecule has 0 bridgehead atoms. The zero-order valence-corrected chi connectivity index (χ0v) is 14.5. The molecular formula is C18H34N2O. The van der Waals surface area contributed by atoms with Gasteiger partial charge in [-0.25, -0.2) is 0 Å². The van der Waals surface area contributed by atoms with Gasteiger partial charge in [0, 0.05) is 6.04 Å². The Bertz CT molecular complexity index is 347. The van der Waals surface area contributed by atoms with Gasteiger partial charge in [0.15, 0.2) is 0 Å². The molecule has 0 amide bonds. The summed E-state index contributed by atoms with van der Waals surface area (Å²) >= 11 is 0. The normalized spacial score (nSPS) is 15.1. The highest BCUT2D eigenvalue weighted by Crippen LogP contribution is 2.27. The second-order valence-electron chi connectivity index (χ2n) is 6.93. The molecule has 0 aliphatic rings. The summed E-state index contributed by atoms with van der Waals surface area (Å²) < 4.78 is 5.69. The second-order valence-corrected chi connectivity index (χ2v) is 6.93. The molecule has 21 heavy (non-hydrogen) atoms. The smallest absolute Gasteiger partial charge is 0.122 e. The van der Waals surface area contributed by atoms with Crippen molar-refractivity contribution in [1.29, 1.82) is 0 Å². The fourth-order valence-corrected chi connectivity index (χ4v) is 2.58. The Morgan fingerprint density at radius 1 is 1.10 bits per heavy atom. The van der Waals surface area contributed by atoms with Crippen molar-refractivity contribution in [3.8, 4) is 0 Å². The largest absolute Gasteiger partial charge is 0.468 e. The van der Waals surface area contributed by atoms with Crippen LogP contribution in [-0.4, -0.2) is 24.0 Å². The van der Waals surface area contributed by atoms with Gasteiger partial charge in [0.05, 0.1) is 12.3 Å². The number of hydrogen-bond donors (Lipinski definition) is 1. The topological polar surface area (TPSA) is 42.4 Å². The van der Waals surface area contributed by atoms with E-state index in [2.05, 4.69) is 45.6 Å². The Morgan fingerprint density at radius 2 is 1.67 bits per heavy atom. The number of hydrogen-bond acceptors (Lipinski definition) is 3. The van der Waals surface area contributed by atoms with E-state index in [1.807, 2.05) is 6.07 Å². The predicted octanol–water partition coefficient (Wildman–Crippen LogP) is 4.45. The van der Waals surface area contributed by atoms with Crippen LogP contribution in [0.2, 0.25) is 0 Å². The molecule has 122 valence electrons. The highest BCUT2D eigenvalue weighted by Gasteiger charge is 2.27. The second kappa shape index (κ2) is 9.26. The standard InChI is InChI=1S/C18H34N2O/c1-6-16(19)18(17-8-7-13-21-17)20(11-9-14(2)3)12-10-15(4)5/h7-8,13-16,18H,6,9-12,19H2,1-5H3. The van der Waals surface area contributed by atoms with E-state index < -0.39 is 0 Å². The van der Waals surface area contributed by atoms with Crippen LogP contribution in [0.5, 0.6) is 0 Å². The minimum atomic E-state index is 0.121. The molecule has 2 unspecified atom stereocenters. The maximum absolute atomic E-state index is 6.42. The van der Waals surface area contributed by atoms with E-state index in [-0.39, 0.29) is 12.1 Å². The van der Waals surface area contributed by atoms with Crippen LogP contribution in [0.25, 0.3) is 0 Å². The summed E-state index contributed by atoms with van der Waals surface area (Å²) in [6.45, 7) is 13.5. The molecule has 0 spiro atoms.